The lowest BCUT2D eigenvalue weighted by Crippen LogP contribution is -2.36. The molecular formula is C17H24N4O2S2. The van der Waals surface area contributed by atoms with Gasteiger partial charge in [0.15, 0.2) is 5.96 Å². The molecule has 0 spiro atoms. The normalized spacial score (nSPS) is 12.2. The first-order valence-electron chi connectivity index (χ1n) is 8.04. The Kier molecular flexibility index (Phi) is 7.42. The van der Waals surface area contributed by atoms with Crippen LogP contribution in [0.25, 0.3) is 0 Å². The van der Waals surface area contributed by atoms with Crippen LogP contribution in [-0.2, 0) is 28.9 Å². The lowest BCUT2D eigenvalue weighted by molar-refractivity contribution is 0.587. The van der Waals surface area contributed by atoms with E-state index in [1.807, 2.05) is 36.6 Å². The Morgan fingerprint density at radius 2 is 1.96 bits per heavy atom. The topological polar surface area (TPSA) is 82.6 Å². The van der Waals surface area contributed by atoms with Crippen molar-refractivity contribution in [3.8, 4) is 0 Å². The fraction of sp³-hybridized carbons (Fsp3) is 0.353. The van der Waals surface area contributed by atoms with Gasteiger partial charge in [0, 0.05) is 13.1 Å². The van der Waals surface area contributed by atoms with Crippen LogP contribution < -0.4 is 15.4 Å². The average molecular weight is 381 g/mol. The molecule has 0 bridgehead atoms. The molecule has 0 saturated carbocycles. The SMILES string of the molecule is CCNC(=NCc1ccsc1)NCc1cccc(CS(=O)(=O)NC)c1. The van der Waals surface area contributed by atoms with Gasteiger partial charge in [-0.3, -0.25) is 0 Å². The number of hydrogen-bond acceptors (Lipinski definition) is 4. The van der Waals surface area contributed by atoms with Gasteiger partial charge in [0.25, 0.3) is 0 Å². The summed E-state index contributed by atoms with van der Waals surface area (Å²) in [5.41, 5.74) is 2.94. The highest BCUT2D eigenvalue weighted by atomic mass is 32.2. The van der Waals surface area contributed by atoms with Crippen LogP contribution in [0.5, 0.6) is 0 Å². The van der Waals surface area contributed by atoms with Crippen LogP contribution in [0.4, 0.5) is 0 Å². The number of aliphatic imine (C=N–C) groups is 1. The van der Waals surface area contributed by atoms with Gasteiger partial charge in [0.05, 0.1) is 12.3 Å². The first kappa shape index (κ1) is 19.4. The average Bonchev–Trinajstić information content (AvgIpc) is 3.11. The molecule has 0 aliphatic carbocycles. The minimum atomic E-state index is -3.27. The maximum Gasteiger partial charge on any atom is 0.215 e. The fourth-order valence-corrected chi connectivity index (χ4v) is 3.62. The van der Waals surface area contributed by atoms with Crippen LogP contribution in [0, 0.1) is 0 Å². The summed E-state index contributed by atoms with van der Waals surface area (Å²) in [6.07, 6.45) is 0. The fourth-order valence-electron chi connectivity index (χ4n) is 2.20. The van der Waals surface area contributed by atoms with Gasteiger partial charge in [-0.25, -0.2) is 18.1 Å². The van der Waals surface area contributed by atoms with Crippen molar-refractivity contribution in [3.63, 3.8) is 0 Å². The highest BCUT2D eigenvalue weighted by Crippen LogP contribution is 2.09. The van der Waals surface area contributed by atoms with Crippen LogP contribution in [0.1, 0.15) is 23.6 Å². The van der Waals surface area contributed by atoms with E-state index in [0.29, 0.717) is 13.1 Å². The number of thiophene rings is 1. The Morgan fingerprint density at radius 3 is 2.64 bits per heavy atom. The van der Waals surface area contributed by atoms with Gasteiger partial charge in [-0.1, -0.05) is 24.3 Å². The second kappa shape index (κ2) is 9.55. The van der Waals surface area contributed by atoms with Crippen molar-refractivity contribution < 1.29 is 8.42 Å². The van der Waals surface area contributed by atoms with Gasteiger partial charge in [0.1, 0.15) is 0 Å². The number of nitrogens with one attached hydrogen (secondary N) is 3. The number of sulfonamides is 1. The molecule has 8 heteroatoms. The van der Waals surface area contributed by atoms with Crippen molar-refractivity contribution in [2.24, 2.45) is 4.99 Å². The Labute approximate surface area is 153 Å². The van der Waals surface area contributed by atoms with Crippen molar-refractivity contribution in [3.05, 3.63) is 57.8 Å². The van der Waals surface area contributed by atoms with Crippen molar-refractivity contribution >= 4 is 27.3 Å². The lowest BCUT2D eigenvalue weighted by Gasteiger charge is -2.12. The number of guanidine groups is 1. The van der Waals surface area contributed by atoms with E-state index in [2.05, 4.69) is 31.8 Å². The zero-order chi connectivity index (χ0) is 18.1. The van der Waals surface area contributed by atoms with Crippen LogP contribution in [0.3, 0.4) is 0 Å². The minimum absolute atomic E-state index is 0.0242. The van der Waals surface area contributed by atoms with Gasteiger partial charge in [-0.15, -0.1) is 0 Å². The van der Waals surface area contributed by atoms with Crippen molar-refractivity contribution in [2.75, 3.05) is 13.6 Å². The maximum absolute atomic E-state index is 11.7. The molecule has 3 N–H and O–H groups in total. The van der Waals surface area contributed by atoms with Crippen molar-refractivity contribution in [2.45, 2.75) is 25.8 Å². The lowest BCUT2D eigenvalue weighted by atomic mass is 10.1. The van der Waals surface area contributed by atoms with E-state index in [4.69, 9.17) is 0 Å². The Balaban J connectivity index is 1.98. The molecular weight excluding hydrogens is 356 g/mol. The summed E-state index contributed by atoms with van der Waals surface area (Å²) in [6, 6.07) is 9.60. The van der Waals surface area contributed by atoms with E-state index in [-0.39, 0.29) is 5.75 Å². The summed E-state index contributed by atoms with van der Waals surface area (Å²) in [4.78, 5) is 4.56. The van der Waals surface area contributed by atoms with E-state index in [1.54, 1.807) is 11.3 Å². The predicted octanol–water partition coefficient (Wildman–Crippen LogP) is 2.05. The largest absolute Gasteiger partial charge is 0.357 e. The molecule has 0 radical (unpaired) electrons. The summed E-state index contributed by atoms with van der Waals surface area (Å²) in [5, 5.41) is 10.6. The van der Waals surface area contributed by atoms with Crippen molar-refractivity contribution in [1.29, 1.82) is 0 Å². The molecule has 0 aliphatic rings. The van der Waals surface area contributed by atoms with Gasteiger partial charge in [-0.2, -0.15) is 11.3 Å². The highest BCUT2D eigenvalue weighted by Gasteiger charge is 2.09. The third-order valence-corrected chi connectivity index (χ3v) is 5.53. The van der Waals surface area contributed by atoms with E-state index < -0.39 is 10.0 Å². The molecule has 0 atom stereocenters. The summed E-state index contributed by atoms with van der Waals surface area (Å²) in [6.45, 7) is 3.99. The first-order valence-corrected chi connectivity index (χ1v) is 10.6. The smallest absolute Gasteiger partial charge is 0.215 e. The second-order valence-corrected chi connectivity index (χ2v) is 8.17. The molecule has 136 valence electrons. The number of nitrogens with zero attached hydrogens (tertiary/aromatic N) is 1. The van der Waals surface area contributed by atoms with Gasteiger partial charge < -0.3 is 10.6 Å². The molecule has 0 fully saturated rings. The molecule has 0 aliphatic heterocycles. The van der Waals surface area contributed by atoms with Crippen LogP contribution in [-0.4, -0.2) is 28.0 Å². The van der Waals surface area contributed by atoms with E-state index in [1.165, 1.54) is 12.6 Å². The maximum atomic E-state index is 11.7. The second-order valence-electron chi connectivity index (χ2n) is 5.46. The zero-order valence-electron chi connectivity index (χ0n) is 14.5. The zero-order valence-corrected chi connectivity index (χ0v) is 16.1. The summed E-state index contributed by atoms with van der Waals surface area (Å²) in [7, 11) is -1.84. The molecule has 0 amide bonds. The van der Waals surface area contributed by atoms with E-state index in [0.717, 1.165) is 23.6 Å². The number of hydrogen-bond donors (Lipinski definition) is 3. The molecule has 1 aromatic heterocycles. The van der Waals surface area contributed by atoms with Crippen molar-refractivity contribution in [1.82, 2.24) is 15.4 Å². The quantitative estimate of drug-likeness (QED) is 0.484. The monoisotopic (exact) mass is 380 g/mol. The Bertz CT molecular complexity index is 787. The van der Waals surface area contributed by atoms with Gasteiger partial charge >= 0.3 is 0 Å². The minimum Gasteiger partial charge on any atom is -0.357 e. The first-order chi connectivity index (χ1) is 12.0. The Hall–Kier alpha value is -1.90. The third kappa shape index (κ3) is 6.85. The van der Waals surface area contributed by atoms with E-state index >= 15 is 0 Å². The highest BCUT2D eigenvalue weighted by molar-refractivity contribution is 7.88. The summed E-state index contributed by atoms with van der Waals surface area (Å²) in [5.74, 6) is 0.714. The Morgan fingerprint density at radius 1 is 1.16 bits per heavy atom. The molecule has 1 heterocycles. The molecule has 0 unspecified atom stereocenters. The molecule has 1 aromatic carbocycles. The molecule has 6 nitrogen and oxygen atoms in total. The number of rotatable bonds is 8. The molecule has 0 saturated heterocycles. The van der Waals surface area contributed by atoms with E-state index in [9.17, 15) is 8.42 Å². The standard InChI is InChI=1S/C17H24N4O2S2/c1-3-19-17(21-11-16-7-8-24-12-16)20-10-14-5-4-6-15(9-14)13-25(22,23)18-2/h4-9,12,18H,3,10-11,13H2,1-2H3,(H2,19,20,21). The molecule has 25 heavy (non-hydrogen) atoms. The molecule has 2 rings (SSSR count). The predicted molar refractivity (Wildman–Crippen MR) is 104 cm³/mol. The summed E-state index contributed by atoms with van der Waals surface area (Å²) >= 11 is 1.66. The van der Waals surface area contributed by atoms with Gasteiger partial charge in [0.2, 0.25) is 10.0 Å². The van der Waals surface area contributed by atoms with Crippen LogP contribution in [0.15, 0.2) is 46.1 Å². The number of benzene rings is 1. The van der Waals surface area contributed by atoms with Crippen LogP contribution >= 0.6 is 11.3 Å². The van der Waals surface area contributed by atoms with Gasteiger partial charge in [-0.05, 0) is 47.5 Å². The summed E-state index contributed by atoms with van der Waals surface area (Å²) < 4.78 is 25.7. The van der Waals surface area contributed by atoms with Crippen LogP contribution in [0.2, 0.25) is 0 Å². The molecule has 2 aromatic rings. The third-order valence-electron chi connectivity index (χ3n) is 3.46.